The summed E-state index contributed by atoms with van der Waals surface area (Å²) in [5.41, 5.74) is 1.08. The molecule has 3 rings (SSSR count). The normalized spacial score (nSPS) is 14.3. The number of methoxy groups -OCH3 is 2. The first-order valence-corrected chi connectivity index (χ1v) is 12.3. The minimum Gasteiger partial charge on any atom is -0.497 e. The van der Waals surface area contributed by atoms with Gasteiger partial charge in [0.05, 0.1) is 23.6 Å². The SMILES string of the molecule is COCCNS(=O)(=O)c1ccc(OCC(=O)N2CCN(c3ccc(OC)cc3)CC2)c(Cl)c1. The molecule has 0 aliphatic carbocycles. The third-order valence-corrected chi connectivity index (χ3v) is 6.99. The average molecular weight is 498 g/mol. The van der Waals surface area contributed by atoms with Crippen molar-refractivity contribution in [2.45, 2.75) is 4.90 Å². The number of ether oxygens (including phenoxy) is 3. The fourth-order valence-electron chi connectivity index (χ4n) is 3.37. The van der Waals surface area contributed by atoms with E-state index in [1.54, 1.807) is 12.0 Å². The molecular weight excluding hydrogens is 470 g/mol. The van der Waals surface area contributed by atoms with Crippen LogP contribution in [0.5, 0.6) is 11.5 Å². The van der Waals surface area contributed by atoms with Gasteiger partial charge < -0.3 is 24.0 Å². The first-order chi connectivity index (χ1) is 15.8. The molecule has 0 aromatic heterocycles. The number of piperazine rings is 1. The summed E-state index contributed by atoms with van der Waals surface area (Å²) in [5.74, 6) is 0.896. The number of hydrogen-bond acceptors (Lipinski definition) is 7. The Hall–Kier alpha value is -2.53. The summed E-state index contributed by atoms with van der Waals surface area (Å²) in [6.07, 6.45) is 0. The first-order valence-electron chi connectivity index (χ1n) is 10.4. The van der Waals surface area contributed by atoms with E-state index in [1.165, 1.54) is 25.3 Å². The molecule has 0 spiro atoms. The summed E-state index contributed by atoms with van der Waals surface area (Å²) in [4.78, 5) is 16.6. The standard InChI is InChI=1S/C22H28ClN3O6S/c1-30-14-9-24-33(28,29)19-7-8-21(20(23)15-19)32-16-22(27)26-12-10-25(11-13-26)17-3-5-18(31-2)6-4-17/h3-8,15,24H,9-14,16H2,1-2H3. The maximum atomic E-state index is 12.6. The van der Waals surface area contributed by atoms with Crippen molar-refractivity contribution in [3.05, 3.63) is 47.5 Å². The number of sulfonamides is 1. The van der Waals surface area contributed by atoms with Gasteiger partial charge in [0.15, 0.2) is 6.61 Å². The monoisotopic (exact) mass is 497 g/mol. The molecule has 2 aromatic rings. The number of halogens is 1. The molecule has 1 N–H and O–H groups in total. The zero-order valence-corrected chi connectivity index (χ0v) is 20.2. The lowest BCUT2D eigenvalue weighted by Crippen LogP contribution is -2.50. The van der Waals surface area contributed by atoms with Crippen LogP contribution in [0.4, 0.5) is 5.69 Å². The van der Waals surface area contributed by atoms with Crippen LogP contribution in [-0.4, -0.2) is 79.4 Å². The minimum atomic E-state index is -3.71. The van der Waals surface area contributed by atoms with Gasteiger partial charge in [-0.05, 0) is 42.5 Å². The van der Waals surface area contributed by atoms with Crippen LogP contribution in [0.2, 0.25) is 5.02 Å². The van der Waals surface area contributed by atoms with Crippen molar-refractivity contribution in [1.29, 1.82) is 0 Å². The fourth-order valence-corrected chi connectivity index (χ4v) is 4.70. The second-order valence-electron chi connectivity index (χ2n) is 7.34. The number of nitrogens with one attached hydrogen (secondary N) is 1. The van der Waals surface area contributed by atoms with E-state index in [2.05, 4.69) is 9.62 Å². The van der Waals surface area contributed by atoms with Crippen LogP contribution >= 0.6 is 11.6 Å². The van der Waals surface area contributed by atoms with Gasteiger partial charge in [0.2, 0.25) is 10.0 Å². The molecule has 33 heavy (non-hydrogen) atoms. The van der Waals surface area contributed by atoms with E-state index >= 15 is 0 Å². The zero-order valence-electron chi connectivity index (χ0n) is 18.6. The molecule has 1 aliphatic rings. The van der Waals surface area contributed by atoms with Crippen molar-refractivity contribution in [1.82, 2.24) is 9.62 Å². The highest BCUT2D eigenvalue weighted by Gasteiger charge is 2.22. The van der Waals surface area contributed by atoms with Gasteiger partial charge in [0.25, 0.3) is 5.91 Å². The largest absolute Gasteiger partial charge is 0.497 e. The average Bonchev–Trinajstić information content (AvgIpc) is 2.83. The summed E-state index contributed by atoms with van der Waals surface area (Å²) >= 11 is 6.19. The number of carbonyl (C=O) groups excluding carboxylic acids is 1. The van der Waals surface area contributed by atoms with Crippen LogP contribution in [0.25, 0.3) is 0 Å². The summed E-state index contributed by atoms with van der Waals surface area (Å²) in [5, 5.41) is 0.113. The topological polar surface area (TPSA) is 97.4 Å². The van der Waals surface area contributed by atoms with E-state index in [0.29, 0.717) is 26.2 Å². The van der Waals surface area contributed by atoms with Crippen LogP contribution in [0.3, 0.4) is 0 Å². The van der Waals surface area contributed by atoms with Gasteiger partial charge in [0.1, 0.15) is 11.5 Å². The number of benzene rings is 2. The lowest BCUT2D eigenvalue weighted by atomic mass is 10.2. The molecular formula is C22H28ClN3O6S. The number of anilines is 1. The van der Waals surface area contributed by atoms with E-state index in [-0.39, 0.29) is 41.3 Å². The van der Waals surface area contributed by atoms with Crippen molar-refractivity contribution in [3.63, 3.8) is 0 Å². The van der Waals surface area contributed by atoms with Crippen molar-refractivity contribution >= 4 is 33.2 Å². The molecule has 0 atom stereocenters. The van der Waals surface area contributed by atoms with Gasteiger partial charge in [-0.1, -0.05) is 11.6 Å². The van der Waals surface area contributed by atoms with E-state index < -0.39 is 10.0 Å². The molecule has 0 radical (unpaired) electrons. The van der Waals surface area contributed by atoms with Crippen LogP contribution in [-0.2, 0) is 19.6 Å². The van der Waals surface area contributed by atoms with E-state index in [4.69, 9.17) is 25.8 Å². The molecule has 0 bridgehead atoms. The second-order valence-corrected chi connectivity index (χ2v) is 9.51. The summed E-state index contributed by atoms with van der Waals surface area (Å²) in [6, 6.07) is 11.9. The Bertz CT molecular complexity index is 1040. The predicted octanol–water partition coefficient (Wildman–Crippen LogP) is 2.00. The van der Waals surface area contributed by atoms with Crippen LogP contribution in [0, 0.1) is 0 Å². The third kappa shape index (κ3) is 6.73. The number of carbonyl (C=O) groups is 1. The molecule has 1 fully saturated rings. The van der Waals surface area contributed by atoms with Crippen molar-refractivity contribution in [2.75, 3.05) is 65.1 Å². The highest BCUT2D eigenvalue weighted by molar-refractivity contribution is 7.89. The number of rotatable bonds is 10. The molecule has 0 unspecified atom stereocenters. The molecule has 2 aromatic carbocycles. The Labute approximate surface area is 199 Å². The van der Waals surface area contributed by atoms with E-state index in [9.17, 15) is 13.2 Å². The van der Waals surface area contributed by atoms with E-state index in [0.717, 1.165) is 11.4 Å². The summed E-state index contributed by atoms with van der Waals surface area (Å²) in [6.45, 7) is 2.79. The number of amides is 1. The van der Waals surface area contributed by atoms with Gasteiger partial charge in [-0.2, -0.15) is 0 Å². The van der Waals surface area contributed by atoms with Gasteiger partial charge in [0, 0.05) is 45.5 Å². The predicted molar refractivity (Wildman–Crippen MR) is 126 cm³/mol. The maximum absolute atomic E-state index is 12.6. The van der Waals surface area contributed by atoms with E-state index in [1.807, 2.05) is 24.3 Å². The summed E-state index contributed by atoms with van der Waals surface area (Å²) in [7, 11) is -0.592. The Balaban J connectivity index is 1.50. The Morgan fingerprint density at radius 2 is 1.76 bits per heavy atom. The highest BCUT2D eigenvalue weighted by Crippen LogP contribution is 2.27. The van der Waals surface area contributed by atoms with Crippen molar-refractivity contribution in [3.8, 4) is 11.5 Å². The lowest BCUT2D eigenvalue weighted by molar-refractivity contribution is -0.133. The van der Waals surface area contributed by atoms with Gasteiger partial charge in [-0.25, -0.2) is 13.1 Å². The molecule has 9 nitrogen and oxygen atoms in total. The fraction of sp³-hybridized carbons (Fsp3) is 0.409. The maximum Gasteiger partial charge on any atom is 0.260 e. The molecule has 1 amide bonds. The van der Waals surface area contributed by atoms with Gasteiger partial charge in [-0.15, -0.1) is 0 Å². The minimum absolute atomic E-state index is 0.0110. The van der Waals surface area contributed by atoms with Gasteiger partial charge >= 0.3 is 0 Å². The molecule has 11 heteroatoms. The smallest absolute Gasteiger partial charge is 0.260 e. The third-order valence-electron chi connectivity index (χ3n) is 5.23. The quantitative estimate of drug-likeness (QED) is 0.501. The molecule has 1 saturated heterocycles. The lowest BCUT2D eigenvalue weighted by Gasteiger charge is -2.36. The van der Waals surface area contributed by atoms with Crippen LogP contribution in [0.1, 0.15) is 0 Å². The molecule has 1 aliphatic heterocycles. The van der Waals surface area contributed by atoms with Crippen LogP contribution in [0.15, 0.2) is 47.4 Å². The van der Waals surface area contributed by atoms with Crippen molar-refractivity contribution in [2.24, 2.45) is 0 Å². The molecule has 1 heterocycles. The van der Waals surface area contributed by atoms with Gasteiger partial charge in [-0.3, -0.25) is 4.79 Å². The Morgan fingerprint density at radius 3 is 2.36 bits per heavy atom. The number of nitrogens with zero attached hydrogens (tertiary/aromatic N) is 2. The first kappa shape index (κ1) is 25.1. The molecule has 0 saturated carbocycles. The second kappa shape index (κ2) is 11.6. The molecule has 180 valence electrons. The van der Waals surface area contributed by atoms with Crippen LogP contribution < -0.4 is 19.1 Å². The Kier molecular flexibility index (Phi) is 8.79. The Morgan fingerprint density at radius 1 is 1.06 bits per heavy atom. The van der Waals surface area contributed by atoms with Crippen molar-refractivity contribution < 1.29 is 27.4 Å². The zero-order chi connectivity index (χ0) is 23.8. The summed E-state index contributed by atoms with van der Waals surface area (Å²) < 4.78 is 42.5. The number of hydrogen-bond donors (Lipinski definition) is 1. The highest BCUT2D eigenvalue weighted by atomic mass is 35.5.